The van der Waals surface area contributed by atoms with Gasteiger partial charge in [-0.2, -0.15) is 0 Å². The molecule has 1 heterocycles. The van der Waals surface area contributed by atoms with Gasteiger partial charge in [0.2, 0.25) is 0 Å². The van der Waals surface area contributed by atoms with Gasteiger partial charge in [-0.3, -0.25) is 4.99 Å². The quantitative estimate of drug-likeness (QED) is 0.382. The Morgan fingerprint density at radius 3 is 2.91 bits per heavy atom. The summed E-state index contributed by atoms with van der Waals surface area (Å²) in [4.78, 5) is 4.18. The lowest BCUT2D eigenvalue weighted by Crippen LogP contribution is -2.41. The van der Waals surface area contributed by atoms with Gasteiger partial charge in [0.15, 0.2) is 5.96 Å². The van der Waals surface area contributed by atoms with E-state index in [-0.39, 0.29) is 35.9 Å². The molecule has 4 nitrogen and oxygen atoms in total. The van der Waals surface area contributed by atoms with Crippen LogP contribution in [0.5, 0.6) is 0 Å². The van der Waals surface area contributed by atoms with E-state index in [0.29, 0.717) is 4.47 Å². The van der Waals surface area contributed by atoms with Gasteiger partial charge in [0, 0.05) is 26.7 Å². The fourth-order valence-corrected chi connectivity index (χ4v) is 2.68. The number of hydrogen-bond acceptors (Lipinski definition) is 2. The van der Waals surface area contributed by atoms with Gasteiger partial charge in [-0.25, -0.2) is 4.39 Å². The standard InChI is InChI=1S/C15H21BrFN3O.HI/c1-18-15(20-10-12-3-2-8-21-12)19-7-6-11-4-5-14(17)13(16)9-11;/h4-5,9,12H,2-3,6-8,10H2,1H3,(H2,18,19,20);1H. The SMILES string of the molecule is CN=C(NCCc1ccc(F)c(Br)c1)NCC1CCCO1.I. The average molecular weight is 486 g/mol. The molecule has 0 saturated carbocycles. The van der Waals surface area contributed by atoms with Crippen molar-refractivity contribution in [2.75, 3.05) is 26.7 Å². The molecule has 0 spiro atoms. The van der Waals surface area contributed by atoms with Crippen molar-refractivity contribution in [1.82, 2.24) is 10.6 Å². The molecule has 1 saturated heterocycles. The Hall–Kier alpha value is -0.410. The Labute approximate surface area is 156 Å². The van der Waals surface area contributed by atoms with Crippen molar-refractivity contribution in [2.24, 2.45) is 4.99 Å². The van der Waals surface area contributed by atoms with Crippen LogP contribution in [0.2, 0.25) is 0 Å². The topological polar surface area (TPSA) is 45.7 Å². The molecule has 0 aromatic heterocycles. The van der Waals surface area contributed by atoms with Crippen molar-refractivity contribution in [1.29, 1.82) is 0 Å². The summed E-state index contributed by atoms with van der Waals surface area (Å²) in [6, 6.07) is 5.08. The average Bonchev–Trinajstić information content (AvgIpc) is 2.99. The molecule has 1 aliphatic heterocycles. The Kier molecular flexibility index (Phi) is 9.27. The van der Waals surface area contributed by atoms with Crippen LogP contribution in [0.3, 0.4) is 0 Å². The minimum atomic E-state index is -0.235. The Balaban J connectivity index is 0.00000242. The van der Waals surface area contributed by atoms with E-state index in [9.17, 15) is 4.39 Å². The fourth-order valence-electron chi connectivity index (χ4n) is 2.26. The third-order valence-electron chi connectivity index (χ3n) is 3.43. The van der Waals surface area contributed by atoms with E-state index in [0.717, 1.165) is 50.5 Å². The third-order valence-corrected chi connectivity index (χ3v) is 4.04. The molecule has 22 heavy (non-hydrogen) atoms. The maximum absolute atomic E-state index is 13.1. The maximum atomic E-state index is 13.1. The highest BCUT2D eigenvalue weighted by atomic mass is 127. The van der Waals surface area contributed by atoms with Gasteiger partial charge in [0.05, 0.1) is 10.6 Å². The van der Waals surface area contributed by atoms with Crippen LogP contribution in [-0.2, 0) is 11.2 Å². The summed E-state index contributed by atoms with van der Waals surface area (Å²) in [5.74, 6) is 0.535. The minimum Gasteiger partial charge on any atom is -0.376 e. The molecule has 2 rings (SSSR count). The number of aliphatic imine (C=N–C) groups is 1. The van der Waals surface area contributed by atoms with Crippen molar-refractivity contribution >= 4 is 45.9 Å². The smallest absolute Gasteiger partial charge is 0.191 e. The summed E-state index contributed by atoms with van der Waals surface area (Å²) in [6.07, 6.45) is 3.34. The molecule has 0 amide bonds. The number of nitrogens with zero attached hydrogens (tertiary/aromatic N) is 1. The van der Waals surface area contributed by atoms with Crippen LogP contribution >= 0.6 is 39.9 Å². The molecule has 1 unspecified atom stereocenters. The minimum absolute atomic E-state index is 0. The molecule has 1 aliphatic rings. The molecule has 1 fully saturated rings. The molecule has 7 heteroatoms. The molecule has 1 atom stereocenters. The van der Waals surface area contributed by atoms with Gasteiger partial charge < -0.3 is 15.4 Å². The van der Waals surface area contributed by atoms with Crippen LogP contribution in [0, 0.1) is 5.82 Å². The van der Waals surface area contributed by atoms with Crippen molar-refractivity contribution < 1.29 is 9.13 Å². The number of guanidine groups is 1. The van der Waals surface area contributed by atoms with Crippen LogP contribution < -0.4 is 10.6 Å². The van der Waals surface area contributed by atoms with Crippen molar-refractivity contribution in [3.8, 4) is 0 Å². The Morgan fingerprint density at radius 2 is 2.27 bits per heavy atom. The summed E-state index contributed by atoms with van der Waals surface area (Å²) < 4.78 is 19.2. The number of hydrogen-bond donors (Lipinski definition) is 2. The first-order valence-corrected chi connectivity index (χ1v) is 7.98. The summed E-state index contributed by atoms with van der Waals surface area (Å²) in [5, 5.41) is 6.51. The second-order valence-electron chi connectivity index (χ2n) is 5.01. The zero-order valence-corrected chi connectivity index (χ0v) is 16.5. The predicted octanol–water partition coefficient (Wildman–Crippen LogP) is 3.09. The molecule has 0 bridgehead atoms. The molecular formula is C15H22BrFIN3O. The highest BCUT2D eigenvalue weighted by Gasteiger charge is 2.15. The predicted molar refractivity (Wildman–Crippen MR) is 102 cm³/mol. The first-order chi connectivity index (χ1) is 10.2. The first kappa shape index (κ1) is 19.6. The Bertz CT molecular complexity index is 496. The third kappa shape index (κ3) is 6.37. The number of nitrogens with one attached hydrogen (secondary N) is 2. The van der Waals surface area contributed by atoms with Gasteiger partial charge in [-0.1, -0.05) is 6.07 Å². The zero-order chi connectivity index (χ0) is 15.1. The van der Waals surface area contributed by atoms with Crippen molar-refractivity contribution in [3.05, 3.63) is 34.1 Å². The van der Waals surface area contributed by atoms with Crippen LogP contribution in [0.15, 0.2) is 27.7 Å². The van der Waals surface area contributed by atoms with E-state index in [4.69, 9.17) is 4.74 Å². The normalized spacial score (nSPS) is 18.0. The van der Waals surface area contributed by atoms with Crippen molar-refractivity contribution in [3.63, 3.8) is 0 Å². The van der Waals surface area contributed by atoms with Gasteiger partial charge in [-0.05, 0) is 52.9 Å². The number of rotatable bonds is 5. The van der Waals surface area contributed by atoms with Gasteiger partial charge in [-0.15, -0.1) is 24.0 Å². The van der Waals surface area contributed by atoms with E-state index >= 15 is 0 Å². The molecule has 124 valence electrons. The van der Waals surface area contributed by atoms with E-state index < -0.39 is 0 Å². The number of ether oxygens (including phenoxy) is 1. The second kappa shape index (κ2) is 10.4. The van der Waals surface area contributed by atoms with Gasteiger partial charge in [0.1, 0.15) is 5.82 Å². The highest BCUT2D eigenvalue weighted by molar-refractivity contribution is 14.0. The lowest BCUT2D eigenvalue weighted by Gasteiger charge is -2.15. The number of benzene rings is 1. The van der Waals surface area contributed by atoms with E-state index in [1.807, 2.05) is 0 Å². The van der Waals surface area contributed by atoms with Crippen LogP contribution in [0.1, 0.15) is 18.4 Å². The monoisotopic (exact) mass is 485 g/mol. The van der Waals surface area contributed by atoms with E-state index in [2.05, 4.69) is 31.6 Å². The molecule has 1 aromatic carbocycles. The molecular weight excluding hydrogens is 464 g/mol. The maximum Gasteiger partial charge on any atom is 0.191 e. The molecule has 0 radical (unpaired) electrons. The van der Waals surface area contributed by atoms with Gasteiger partial charge in [0.25, 0.3) is 0 Å². The van der Waals surface area contributed by atoms with Crippen LogP contribution in [-0.4, -0.2) is 38.8 Å². The zero-order valence-electron chi connectivity index (χ0n) is 12.6. The lowest BCUT2D eigenvalue weighted by molar-refractivity contribution is 0.114. The summed E-state index contributed by atoms with van der Waals surface area (Å²) >= 11 is 3.20. The Morgan fingerprint density at radius 1 is 1.45 bits per heavy atom. The largest absolute Gasteiger partial charge is 0.376 e. The highest BCUT2D eigenvalue weighted by Crippen LogP contribution is 2.16. The summed E-state index contributed by atoms with van der Waals surface area (Å²) in [6.45, 7) is 2.38. The summed E-state index contributed by atoms with van der Waals surface area (Å²) in [5.41, 5.74) is 1.07. The molecule has 2 N–H and O–H groups in total. The second-order valence-corrected chi connectivity index (χ2v) is 5.87. The lowest BCUT2D eigenvalue weighted by atomic mass is 10.1. The summed E-state index contributed by atoms with van der Waals surface area (Å²) in [7, 11) is 1.75. The van der Waals surface area contributed by atoms with Crippen LogP contribution in [0.4, 0.5) is 4.39 Å². The van der Waals surface area contributed by atoms with Crippen molar-refractivity contribution in [2.45, 2.75) is 25.4 Å². The molecule has 1 aromatic rings. The van der Waals surface area contributed by atoms with Gasteiger partial charge >= 0.3 is 0 Å². The van der Waals surface area contributed by atoms with E-state index in [1.54, 1.807) is 19.2 Å². The van der Waals surface area contributed by atoms with Crippen LogP contribution in [0.25, 0.3) is 0 Å². The number of halogens is 3. The van der Waals surface area contributed by atoms with E-state index in [1.165, 1.54) is 6.07 Å². The molecule has 0 aliphatic carbocycles. The fraction of sp³-hybridized carbons (Fsp3) is 0.533. The first-order valence-electron chi connectivity index (χ1n) is 7.19.